The number of hydrogen-bond donors (Lipinski definition) is 1. The van der Waals surface area contributed by atoms with E-state index in [1.165, 1.54) is 6.42 Å². The van der Waals surface area contributed by atoms with Gasteiger partial charge in [-0.3, -0.25) is 4.79 Å². The summed E-state index contributed by atoms with van der Waals surface area (Å²) in [6, 6.07) is 0. The maximum absolute atomic E-state index is 12.2. The first-order valence-corrected chi connectivity index (χ1v) is 8.34. The first kappa shape index (κ1) is 15.3. The van der Waals surface area contributed by atoms with Crippen molar-refractivity contribution in [2.75, 3.05) is 20.6 Å². The number of nitrogens with zero attached hydrogens (tertiary/aromatic N) is 1. The predicted molar refractivity (Wildman–Crippen MR) is 80.7 cm³/mol. The van der Waals surface area contributed by atoms with Crippen molar-refractivity contribution < 1.29 is 14.6 Å². The monoisotopic (exact) mass is 295 g/mol. The number of carbonyl (C=O) groups is 1. The standard InChI is InChI=1S/C17H29NO3/c1-11-6-5-7-16(2)9-14-12(8-17(11,16)20)13(10-18(3)4)15(19)21-14/h11-14,20H,5-10H2,1-4H3/t11-,12+,13?,14+,16+,17+/m0/s1. The molecule has 1 unspecified atom stereocenters. The van der Waals surface area contributed by atoms with Crippen LogP contribution in [0.5, 0.6) is 0 Å². The van der Waals surface area contributed by atoms with Crippen LogP contribution in [0.25, 0.3) is 0 Å². The Morgan fingerprint density at radius 1 is 1.38 bits per heavy atom. The van der Waals surface area contributed by atoms with Gasteiger partial charge in [0.1, 0.15) is 6.10 Å². The molecule has 1 aliphatic heterocycles. The summed E-state index contributed by atoms with van der Waals surface area (Å²) in [5.41, 5.74) is -0.732. The predicted octanol–water partition coefficient (Wildman–Crippen LogP) is 2.06. The van der Waals surface area contributed by atoms with Crippen molar-refractivity contribution in [2.24, 2.45) is 23.2 Å². The highest BCUT2D eigenvalue weighted by Gasteiger charge is 2.62. The zero-order chi connectivity index (χ0) is 15.4. The lowest BCUT2D eigenvalue weighted by Crippen LogP contribution is -2.60. The van der Waals surface area contributed by atoms with E-state index in [0.717, 1.165) is 32.2 Å². The molecule has 2 aliphatic carbocycles. The molecular weight excluding hydrogens is 266 g/mol. The van der Waals surface area contributed by atoms with Crippen LogP contribution in [0.15, 0.2) is 0 Å². The van der Waals surface area contributed by atoms with Gasteiger partial charge in [0.2, 0.25) is 0 Å². The Kier molecular flexibility index (Phi) is 3.61. The van der Waals surface area contributed by atoms with Crippen LogP contribution in [-0.4, -0.2) is 48.3 Å². The summed E-state index contributed by atoms with van der Waals surface area (Å²) in [7, 11) is 3.98. The van der Waals surface area contributed by atoms with Gasteiger partial charge in [-0.2, -0.15) is 0 Å². The number of ether oxygens (including phenoxy) is 1. The summed E-state index contributed by atoms with van der Waals surface area (Å²) in [6.45, 7) is 5.10. The fourth-order valence-corrected chi connectivity index (χ4v) is 5.21. The Hall–Kier alpha value is -0.610. The minimum absolute atomic E-state index is 0.0121. The highest BCUT2D eigenvalue weighted by atomic mass is 16.6. The molecule has 3 aliphatic rings. The quantitative estimate of drug-likeness (QED) is 0.792. The van der Waals surface area contributed by atoms with Crippen molar-refractivity contribution in [1.29, 1.82) is 0 Å². The molecule has 0 bridgehead atoms. The summed E-state index contributed by atoms with van der Waals surface area (Å²) >= 11 is 0. The minimum atomic E-state index is -0.634. The van der Waals surface area contributed by atoms with Crippen LogP contribution in [0, 0.1) is 23.2 Å². The Balaban J connectivity index is 1.88. The van der Waals surface area contributed by atoms with Gasteiger partial charge in [0.25, 0.3) is 0 Å². The van der Waals surface area contributed by atoms with Crippen molar-refractivity contribution in [1.82, 2.24) is 4.90 Å². The van der Waals surface area contributed by atoms with E-state index in [4.69, 9.17) is 4.74 Å². The number of hydrogen-bond acceptors (Lipinski definition) is 4. The zero-order valence-corrected chi connectivity index (χ0v) is 13.8. The SMILES string of the molecule is C[C@H]1CCC[C@]2(C)C[C@H]3OC(=O)C(CN(C)C)[C@H]3C[C@@]12O. The third kappa shape index (κ3) is 2.22. The van der Waals surface area contributed by atoms with Gasteiger partial charge in [-0.1, -0.05) is 20.3 Å². The molecule has 6 atom stereocenters. The van der Waals surface area contributed by atoms with Crippen molar-refractivity contribution in [2.45, 2.75) is 57.7 Å². The third-order valence-electron chi connectivity index (χ3n) is 6.55. The number of aliphatic hydroxyl groups is 1. The molecule has 1 saturated heterocycles. The Morgan fingerprint density at radius 2 is 2.10 bits per heavy atom. The molecule has 4 nitrogen and oxygen atoms in total. The topological polar surface area (TPSA) is 49.8 Å². The van der Waals surface area contributed by atoms with Gasteiger partial charge < -0.3 is 14.7 Å². The fourth-order valence-electron chi connectivity index (χ4n) is 5.21. The second-order valence-electron chi connectivity index (χ2n) is 8.19. The summed E-state index contributed by atoms with van der Waals surface area (Å²) in [6.07, 6.45) is 4.88. The molecule has 1 heterocycles. The molecule has 1 N–H and O–H groups in total. The molecule has 0 amide bonds. The molecule has 21 heavy (non-hydrogen) atoms. The number of carbonyl (C=O) groups excluding carboxylic acids is 1. The van der Waals surface area contributed by atoms with Crippen LogP contribution in [0.2, 0.25) is 0 Å². The molecule has 3 fully saturated rings. The molecule has 0 aromatic carbocycles. The van der Waals surface area contributed by atoms with E-state index < -0.39 is 5.60 Å². The summed E-state index contributed by atoms with van der Waals surface area (Å²) in [5.74, 6) is 0.358. The Morgan fingerprint density at radius 3 is 2.76 bits per heavy atom. The molecule has 0 radical (unpaired) electrons. The average molecular weight is 295 g/mol. The van der Waals surface area contributed by atoms with Crippen LogP contribution in [0.3, 0.4) is 0 Å². The highest BCUT2D eigenvalue weighted by Crippen LogP contribution is 2.59. The molecule has 120 valence electrons. The van der Waals surface area contributed by atoms with Crippen LogP contribution in [-0.2, 0) is 9.53 Å². The largest absolute Gasteiger partial charge is 0.462 e. The highest BCUT2D eigenvalue weighted by molar-refractivity contribution is 5.75. The van der Waals surface area contributed by atoms with Crippen LogP contribution < -0.4 is 0 Å². The summed E-state index contributed by atoms with van der Waals surface area (Å²) < 4.78 is 5.70. The van der Waals surface area contributed by atoms with Crippen LogP contribution in [0.1, 0.15) is 46.0 Å². The first-order valence-electron chi connectivity index (χ1n) is 8.34. The first-order chi connectivity index (χ1) is 9.77. The van der Waals surface area contributed by atoms with Gasteiger partial charge in [-0.05, 0) is 45.7 Å². The maximum atomic E-state index is 12.2. The average Bonchev–Trinajstić information content (AvgIpc) is 2.64. The van der Waals surface area contributed by atoms with E-state index in [1.54, 1.807) is 0 Å². The van der Waals surface area contributed by atoms with Crippen molar-refractivity contribution in [3.63, 3.8) is 0 Å². The molecule has 0 aromatic rings. The van der Waals surface area contributed by atoms with E-state index >= 15 is 0 Å². The number of esters is 1. The van der Waals surface area contributed by atoms with E-state index in [9.17, 15) is 9.90 Å². The van der Waals surface area contributed by atoms with Gasteiger partial charge in [0.15, 0.2) is 0 Å². The Bertz CT molecular complexity index is 438. The van der Waals surface area contributed by atoms with Crippen molar-refractivity contribution in [3.05, 3.63) is 0 Å². The van der Waals surface area contributed by atoms with Crippen LogP contribution >= 0.6 is 0 Å². The van der Waals surface area contributed by atoms with E-state index in [0.29, 0.717) is 5.92 Å². The lowest BCUT2D eigenvalue weighted by molar-refractivity contribution is -0.197. The summed E-state index contributed by atoms with van der Waals surface area (Å²) in [5, 5.41) is 11.4. The lowest BCUT2D eigenvalue weighted by Gasteiger charge is -2.57. The Labute approximate surface area is 127 Å². The fraction of sp³-hybridized carbons (Fsp3) is 0.941. The molecule has 2 saturated carbocycles. The van der Waals surface area contributed by atoms with Gasteiger partial charge in [0.05, 0.1) is 11.5 Å². The molecule has 0 spiro atoms. The normalized spacial score (nSPS) is 49.7. The molecular formula is C17H29NO3. The van der Waals surface area contributed by atoms with Gasteiger partial charge in [-0.25, -0.2) is 0 Å². The molecule has 3 rings (SSSR count). The van der Waals surface area contributed by atoms with Gasteiger partial charge in [0, 0.05) is 17.9 Å². The minimum Gasteiger partial charge on any atom is -0.462 e. The second-order valence-corrected chi connectivity index (χ2v) is 8.19. The molecule has 4 heteroatoms. The molecule has 0 aromatic heterocycles. The van der Waals surface area contributed by atoms with Crippen molar-refractivity contribution in [3.8, 4) is 0 Å². The van der Waals surface area contributed by atoms with Gasteiger partial charge in [-0.15, -0.1) is 0 Å². The second kappa shape index (κ2) is 4.95. The van der Waals surface area contributed by atoms with E-state index in [-0.39, 0.29) is 29.3 Å². The smallest absolute Gasteiger partial charge is 0.310 e. The van der Waals surface area contributed by atoms with E-state index in [2.05, 4.69) is 18.7 Å². The number of fused-ring (bicyclic) bond motifs is 2. The van der Waals surface area contributed by atoms with Gasteiger partial charge >= 0.3 is 5.97 Å². The maximum Gasteiger partial charge on any atom is 0.310 e. The summed E-state index contributed by atoms with van der Waals surface area (Å²) in [4.78, 5) is 14.3. The zero-order valence-electron chi connectivity index (χ0n) is 13.8. The van der Waals surface area contributed by atoms with Crippen molar-refractivity contribution >= 4 is 5.97 Å². The number of rotatable bonds is 2. The van der Waals surface area contributed by atoms with Crippen LogP contribution in [0.4, 0.5) is 0 Å². The third-order valence-corrected chi connectivity index (χ3v) is 6.55. The van der Waals surface area contributed by atoms with E-state index in [1.807, 2.05) is 14.1 Å². The lowest BCUT2D eigenvalue weighted by atomic mass is 9.51.